The van der Waals surface area contributed by atoms with Crippen molar-refractivity contribution in [2.75, 3.05) is 31.3 Å². The Balaban J connectivity index is 1.18. The minimum absolute atomic E-state index is 0.000113. The van der Waals surface area contributed by atoms with E-state index < -0.39 is 0 Å². The minimum Gasteiger partial charge on any atom is -0.454 e. The van der Waals surface area contributed by atoms with Crippen LogP contribution in [0.5, 0.6) is 11.5 Å². The zero-order valence-corrected chi connectivity index (χ0v) is 15.6. The number of ether oxygens (including phenoxy) is 2. The topological polar surface area (TPSA) is 99.8 Å². The van der Waals surface area contributed by atoms with Crippen LogP contribution in [0.4, 0.5) is 10.5 Å². The molecule has 2 N–H and O–H groups in total. The lowest BCUT2D eigenvalue weighted by atomic mass is 10.2. The Hall–Kier alpha value is -3.75. The number of carbonyl (C=O) groups excluding carboxylic acids is 2. The number of amides is 3. The molecule has 9 heteroatoms. The predicted octanol–water partition coefficient (Wildman–Crippen LogP) is 1.85. The summed E-state index contributed by atoms with van der Waals surface area (Å²) in [5.41, 5.74) is 2.50. The molecule has 1 fully saturated rings. The van der Waals surface area contributed by atoms with Crippen molar-refractivity contribution in [1.29, 1.82) is 0 Å². The number of hydrogen-bond donors (Lipinski definition) is 2. The number of aromatic amines is 1. The number of fused-ring (bicyclic) bond motifs is 2. The second-order valence-corrected chi connectivity index (χ2v) is 6.87. The molecule has 2 aliphatic rings. The SMILES string of the molecule is O=C(CN1CCN(c2ccc3c(c2)OCO3)C1=O)NCc1nc2ccccc2[nH]1. The summed E-state index contributed by atoms with van der Waals surface area (Å²) in [5.74, 6) is 1.74. The number of imidazole rings is 1. The fraction of sp³-hybridized carbons (Fsp3) is 0.250. The minimum atomic E-state index is -0.230. The molecular formula is C20H19N5O4. The Morgan fingerprint density at radius 3 is 2.90 bits per heavy atom. The highest BCUT2D eigenvalue weighted by Gasteiger charge is 2.31. The molecule has 5 rings (SSSR count). The van der Waals surface area contributed by atoms with Crippen molar-refractivity contribution in [1.82, 2.24) is 20.2 Å². The molecule has 2 aromatic carbocycles. The van der Waals surface area contributed by atoms with Gasteiger partial charge in [0.25, 0.3) is 0 Å². The summed E-state index contributed by atoms with van der Waals surface area (Å²) in [7, 11) is 0. The van der Waals surface area contributed by atoms with Crippen LogP contribution in [0.2, 0.25) is 0 Å². The van der Waals surface area contributed by atoms with Crippen LogP contribution in [-0.4, -0.2) is 53.2 Å². The van der Waals surface area contributed by atoms with E-state index in [1.54, 1.807) is 17.0 Å². The van der Waals surface area contributed by atoms with E-state index in [2.05, 4.69) is 15.3 Å². The van der Waals surface area contributed by atoms with Crippen LogP contribution in [0.3, 0.4) is 0 Å². The van der Waals surface area contributed by atoms with Crippen molar-refractivity contribution < 1.29 is 19.1 Å². The number of hydrogen-bond acceptors (Lipinski definition) is 5. The summed E-state index contributed by atoms with van der Waals surface area (Å²) in [4.78, 5) is 35.8. The number of benzene rings is 2. The molecule has 2 aliphatic heterocycles. The maximum absolute atomic E-state index is 12.7. The summed E-state index contributed by atoms with van der Waals surface area (Å²) in [6, 6.07) is 12.9. The van der Waals surface area contributed by atoms with Gasteiger partial charge in [-0.25, -0.2) is 9.78 Å². The molecule has 0 atom stereocenters. The van der Waals surface area contributed by atoms with Gasteiger partial charge in [-0.1, -0.05) is 12.1 Å². The van der Waals surface area contributed by atoms with E-state index in [0.717, 1.165) is 16.7 Å². The van der Waals surface area contributed by atoms with Crippen LogP contribution in [0.25, 0.3) is 11.0 Å². The molecule has 0 radical (unpaired) electrons. The Labute approximate surface area is 166 Å². The summed E-state index contributed by atoms with van der Waals surface area (Å²) < 4.78 is 10.7. The summed E-state index contributed by atoms with van der Waals surface area (Å²) in [6.45, 7) is 1.45. The summed E-state index contributed by atoms with van der Waals surface area (Å²) in [6.07, 6.45) is 0. The lowest BCUT2D eigenvalue weighted by Gasteiger charge is -2.18. The smallest absolute Gasteiger partial charge is 0.325 e. The summed E-state index contributed by atoms with van der Waals surface area (Å²) >= 11 is 0. The highest BCUT2D eigenvalue weighted by molar-refractivity contribution is 5.96. The largest absolute Gasteiger partial charge is 0.454 e. The molecule has 0 unspecified atom stereocenters. The van der Waals surface area contributed by atoms with E-state index in [0.29, 0.717) is 30.4 Å². The lowest BCUT2D eigenvalue weighted by molar-refractivity contribution is -0.121. The third-order valence-corrected chi connectivity index (χ3v) is 4.99. The lowest BCUT2D eigenvalue weighted by Crippen LogP contribution is -2.39. The van der Waals surface area contributed by atoms with Crippen molar-refractivity contribution in [3.05, 3.63) is 48.3 Å². The average molecular weight is 393 g/mol. The quantitative estimate of drug-likeness (QED) is 0.689. The van der Waals surface area contributed by atoms with Crippen molar-refractivity contribution in [3.63, 3.8) is 0 Å². The predicted molar refractivity (Wildman–Crippen MR) is 105 cm³/mol. The van der Waals surface area contributed by atoms with Gasteiger partial charge in [-0.15, -0.1) is 0 Å². The maximum atomic E-state index is 12.7. The van der Waals surface area contributed by atoms with Gasteiger partial charge in [0.1, 0.15) is 12.4 Å². The van der Waals surface area contributed by atoms with Crippen LogP contribution >= 0.6 is 0 Å². The molecule has 29 heavy (non-hydrogen) atoms. The van der Waals surface area contributed by atoms with Crippen LogP contribution < -0.4 is 19.7 Å². The van der Waals surface area contributed by atoms with Gasteiger partial charge in [-0.05, 0) is 24.3 Å². The van der Waals surface area contributed by atoms with Gasteiger partial charge in [-0.3, -0.25) is 9.69 Å². The Morgan fingerprint density at radius 2 is 2.00 bits per heavy atom. The first-order valence-corrected chi connectivity index (χ1v) is 9.34. The zero-order chi connectivity index (χ0) is 19.8. The Bertz CT molecular complexity index is 1060. The molecule has 1 saturated heterocycles. The normalized spacial score (nSPS) is 15.4. The number of nitrogens with zero attached hydrogens (tertiary/aromatic N) is 3. The molecule has 148 valence electrons. The summed E-state index contributed by atoms with van der Waals surface area (Å²) in [5, 5.41) is 2.81. The number of carbonyl (C=O) groups is 2. The van der Waals surface area contributed by atoms with E-state index in [9.17, 15) is 9.59 Å². The molecule has 3 amide bonds. The number of aromatic nitrogens is 2. The molecule has 3 heterocycles. The van der Waals surface area contributed by atoms with Crippen LogP contribution in [0.1, 0.15) is 5.82 Å². The fourth-order valence-electron chi connectivity index (χ4n) is 3.52. The molecule has 1 aromatic heterocycles. The van der Waals surface area contributed by atoms with Gasteiger partial charge in [0, 0.05) is 24.8 Å². The van der Waals surface area contributed by atoms with Crippen LogP contribution in [-0.2, 0) is 11.3 Å². The number of nitrogens with one attached hydrogen (secondary N) is 2. The average Bonchev–Trinajstić information content (AvgIpc) is 3.44. The highest BCUT2D eigenvalue weighted by atomic mass is 16.7. The van der Waals surface area contributed by atoms with Gasteiger partial charge >= 0.3 is 6.03 Å². The second kappa shape index (κ2) is 7.01. The first-order chi connectivity index (χ1) is 14.2. The number of rotatable bonds is 5. The molecule has 9 nitrogen and oxygen atoms in total. The number of urea groups is 1. The van der Waals surface area contributed by atoms with Crippen LogP contribution in [0.15, 0.2) is 42.5 Å². The van der Waals surface area contributed by atoms with Crippen molar-refractivity contribution >= 4 is 28.7 Å². The van der Waals surface area contributed by atoms with Gasteiger partial charge < -0.3 is 24.7 Å². The zero-order valence-electron chi connectivity index (χ0n) is 15.6. The van der Waals surface area contributed by atoms with Crippen molar-refractivity contribution in [2.24, 2.45) is 0 Å². The number of para-hydroxylation sites is 2. The molecule has 3 aromatic rings. The highest BCUT2D eigenvalue weighted by Crippen LogP contribution is 2.36. The van der Waals surface area contributed by atoms with E-state index in [4.69, 9.17) is 9.47 Å². The molecule has 0 spiro atoms. The monoisotopic (exact) mass is 393 g/mol. The van der Waals surface area contributed by atoms with E-state index in [1.807, 2.05) is 30.3 Å². The van der Waals surface area contributed by atoms with Crippen LogP contribution in [0, 0.1) is 0 Å². The van der Waals surface area contributed by atoms with E-state index in [-0.39, 0.29) is 31.8 Å². The Kier molecular flexibility index (Phi) is 4.19. The first-order valence-electron chi connectivity index (χ1n) is 9.34. The standard InChI is InChI=1S/C20H19N5O4/c26-19(21-10-18-22-14-3-1-2-4-15(14)23-18)11-24-7-8-25(20(24)27)13-5-6-16-17(9-13)29-12-28-16/h1-6,9H,7-8,10-12H2,(H,21,26)(H,22,23). The second-order valence-electron chi connectivity index (χ2n) is 6.87. The van der Waals surface area contributed by atoms with Crippen molar-refractivity contribution in [2.45, 2.75) is 6.54 Å². The van der Waals surface area contributed by atoms with E-state index in [1.165, 1.54) is 4.90 Å². The molecule has 0 saturated carbocycles. The van der Waals surface area contributed by atoms with E-state index >= 15 is 0 Å². The third kappa shape index (κ3) is 3.31. The van der Waals surface area contributed by atoms with Gasteiger partial charge in [0.15, 0.2) is 11.5 Å². The van der Waals surface area contributed by atoms with Crippen molar-refractivity contribution in [3.8, 4) is 11.5 Å². The maximum Gasteiger partial charge on any atom is 0.325 e. The van der Waals surface area contributed by atoms with Gasteiger partial charge in [-0.2, -0.15) is 0 Å². The fourth-order valence-corrected chi connectivity index (χ4v) is 3.52. The first kappa shape index (κ1) is 17.4. The number of anilines is 1. The molecular weight excluding hydrogens is 374 g/mol. The number of H-pyrrole nitrogens is 1. The molecule has 0 aliphatic carbocycles. The Morgan fingerprint density at radius 1 is 1.14 bits per heavy atom. The van der Waals surface area contributed by atoms with Gasteiger partial charge in [0.05, 0.1) is 17.6 Å². The van der Waals surface area contributed by atoms with Gasteiger partial charge in [0.2, 0.25) is 12.7 Å². The molecule has 0 bridgehead atoms. The third-order valence-electron chi connectivity index (χ3n) is 4.99.